The molecule has 0 atom stereocenters. The van der Waals surface area contributed by atoms with Crippen molar-refractivity contribution in [2.75, 3.05) is 0 Å². The predicted molar refractivity (Wildman–Crippen MR) is 94.1 cm³/mol. The molecular weight excluding hydrogens is 337 g/mol. The highest BCUT2D eigenvalue weighted by Gasteiger charge is 2.32. The standard InChI is InChI=1S/C20H20FNO4/c1-2-14-16(19(23)24)15(11-7-9-13(21)10-8-11)17(20(25)26)18(22-14)12-5-3-4-6-12/h7-10,12H,2-6H2,1H3,(H,23,24)(H,25,26). The number of hydrogen-bond donors (Lipinski definition) is 2. The van der Waals surface area contributed by atoms with E-state index in [9.17, 15) is 24.2 Å². The maximum absolute atomic E-state index is 13.3. The summed E-state index contributed by atoms with van der Waals surface area (Å²) in [5, 5.41) is 19.6. The van der Waals surface area contributed by atoms with Crippen LogP contribution in [0.2, 0.25) is 0 Å². The van der Waals surface area contributed by atoms with Gasteiger partial charge in [-0.15, -0.1) is 0 Å². The number of benzene rings is 1. The van der Waals surface area contributed by atoms with Gasteiger partial charge in [-0.2, -0.15) is 0 Å². The van der Waals surface area contributed by atoms with E-state index in [2.05, 4.69) is 4.98 Å². The van der Waals surface area contributed by atoms with Crippen LogP contribution in [0.1, 0.15) is 70.6 Å². The zero-order valence-corrected chi connectivity index (χ0v) is 14.5. The van der Waals surface area contributed by atoms with E-state index in [-0.39, 0.29) is 22.6 Å². The van der Waals surface area contributed by atoms with Crippen LogP contribution in [0.4, 0.5) is 4.39 Å². The summed E-state index contributed by atoms with van der Waals surface area (Å²) in [5.74, 6) is -2.89. The summed E-state index contributed by atoms with van der Waals surface area (Å²) in [6.45, 7) is 1.79. The second kappa shape index (κ2) is 7.23. The summed E-state index contributed by atoms with van der Waals surface area (Å²) in [6.07, 6.45) is 4.05. The van der Waals surface area contributed by atoms with Crippen LogP contribution in [-0.2, 0) is 6.42 Å². The zero-order valence-electron chi connectivity index (χ0n) is 14.5. The lowest BCUT2D eigenvalue weighted by Crippen LogP contribution is -2.18. The van der Waals surface area contributed by atoms with Gasteiger partial charge in [0.2, 0.25) is 0 Å². The summed E-state index contributed by atoms with van der Waals surface area (Å²) in [5.41, 5.74) is 1.13. The predicted octanol–water partition coefficient (Wildman–Crippen LogP) is 4.50. The topological polar surface area (TPSA) is 87.5 Å². The Balaban J connectivity index is 2.39. The number of rotatable bonds is 5. The summed E-state index contributed by atoms with van der Waals surface area (Å²) in [7, 11) is 0. The minimum Gasteiger partial charge on any atom is -0.478 e. The van der Waals surface area contributed by atoms with Gasteiger partial charge in [0, 0.05) is 11.5 Å². The van der Waals surface area contributed by atoms with E-state index in [1.54, 1.807) is 6.92 Å². The Bertz CT molecular complexity index is 855. The highest BCUT2D eigenvalue weighted by Crippen LogP contribution is 2.40. The van der Waals surface area contributed by atoms with Crippen LogP contribution in [-0.4, -0.2) is 27.1 Å². The molecule has 0 spiro atoms. The number of aromatic carboxylic acids is 2. The second-order valence-electron chi connectivity index (χ2n) is 6.52. The molecular formula is C20H20FNO4. The van der Waals surface area contributed by atoms with Crippen LogP contribution >= 0.6 is 0 Å². The van der Waals surface area contributed by atoms with E-state index in [4.69, 9.17) is 0 Å². The summed E-state index contributed by atoms with van der Waals surface area (Å²) in [4.78, 5) is 28.5. The molecule has 26 heavy (non-hydrogen) atoms. The van der Waals surface area contributed by atoms with E-state index in [1.165, 1.54) is 24.3 Å². The molecule has 2 N–H and O–H groups in total. The van der Waals surface area contributed by atoms with Crippen molar-refractivity contribution < 1.29 is 24.2 Å². The Hall–Kier alpha value is -2.76. The summed E-state index contributed by atoms with van der Waals surface area (Å²) in [6, 6.07) is 5.24. The van der Waals surface area contributed by atoms with Crippen molar-refractivity contribution in [3.8, 4) is 11.1 Å². The molecule has 5 nitrogen and oxygen atoms in total. The number of pyridine rings is 1. The third kappa shape index (κ3) is 3.19. The molecule has 0 aliphatic heterocycles. The number of aromatic nitrogens is 1. The molecule has 0 amide bonds. The first kappa shape index (κ1) is 18.0. The molecule has 1 aromatic heterocycles. The number of halogens is 1. The quantitative estimate of drug-likeness (QED) is 0.822. The molecule has 1 aliphatic rings. The van der Waals surface area contributed by atoms with E-state index in [1.807, 2.05) is 0 Å². The number of carboxylic acid groups (broad SMARTS) is 2. The fourth-order valence-corrected chi connectivity index (χ4v) is 3.76. The molecule has 0 bridgehead atoms. The smallest absolute Gasteiger partial charge is 0.338 e. The Kier molecular flexibility index (Phi) is 5.02. The van der Waals surface area contributed by atoms with Crippen LogP contribution in [0.3, 0.4) is 0 Å². The fraction of sp³-hybridized carbons (Fsp3) is 0.350. The third-order valence-corrected chi connectivity index (χ3v) is 4.94. The Morgan fingerprint density at radius 1 is 1.08 bits per heavy atom. The van der Waals surface area contributed by atoms with Gasteiger partial charge < -0.3 is 10.2 Å². The minimum absolute atomic E-state index is 0.00782. The first-order valence-electron chi connectivity index (χ1n) is 8.73. The molecule has 0 radical (unpaired) electrons. The monoisotopic (exact) mass is 357 g/mol. The maximum atomic E-state index is 13.3. The fourth-order valence-electron chi connectivity index (χ4n) is 3.76. The minimum atomic E-state index is -1.23. The number of carbonyl (C=O) groups is 2. The lowest BCUT2D eigenvalue weighted by molar-refractivity contribution is 0.0694. The van der Waals surface area contributed by atoms with Gasteiger partial charge in [0.1, 0.15) is 5.82 Å². The molecule has 6 heteroatoms. The van der Waals surface area contributed by atoms with E-state index in [0.717, 1.165) is 25.7 Å². The molecule has 0 unspecified atom stereocenters. The Morgan fingerprint density at radius 3 is 2.15 bits per heavy atom. The lowest BCUT2D eigenvalue weighted by atomic mass is 9.87. The second-order valence-corrected chi connectivity index (χ2v) is 6.52. The SMILES string of the molecule is CCc1nc(C2CCCC2)c(C(=O)O)c(-c2ccc(F)cc2)c1C(=O)O. The van der Waals surface area contributed by atoms with Gasteiger partial charge in [-0.25, -0.2) is 14.0 Å². The molecule has 136 valence electrons. The van der Waals surface area contributed by atoms with Crippen LogP contribution in [0.25, 0.3) is 11.1 Å². The highest BCUT2D eigenvalue weighted by molar-refractivity contribution is 6.06. The van der Waals surface area contributed by atoms with Crippen LogP contribution < -0.4 is 0 Å². The molecule has 1 aliphatic carbocycles. The van der Waals surface area contributed by atoms with Gasteiger partial charge >= 0.3 is 11.9 Å². The largest absolute Gasteiger partial charge is 0.478 e. The number of nitrogens with zero attached hydrogens (tertiary/aromatic N) is 1. The Labute approximate surface area is 150 Å². The molecule has 1 heterocycles. The van der Waals surface area contributed by atoms with Gasteiger partial charge in [-0.3, -0.25) is 4.98 Å². The van der Waals surface area contributed by atoms with E-state index in [0.29, 0.717) is 23.4 Å². The third-order valence-electron chi connectivity index (χ3n) is 4.94. The number of carboxylic acids is 2. The van der Waals surface area contributed by atoms with Gasteiger partial charge in [0.05, 0.1) is 22.5 Å². The average Bonchev–Trinajstić information content (AvgIpc) is 3.14. The van der Waals surface area contributed by atoms with Crippen molar-refractivity contribution in [1.29, 1.82) is 0 Å². The molecule has 3 rings (SSSR count). The van der Waals surface area contributed by atoms with Crippen LogP contribution in [0.15, 0.2) is 24.3 Å². The number of aryl methyl sites for hydroxylation is 1. The van der Waals surface area contributed by atoms with Crippen molar-refractivity contribution in [3.63, 3.8) is 0 Å². The van der Waals surface area contributed by atoms with Gasteiger partial charge in [-0.1, -0.05) is 31.9 Å². The van der Waals surface area contributed by atoms with Crippen molar-refractivity contribution in [3.05, 3.63) is 52.6 Å². The maximum Gasteiger partial charge on any atom is 0.338 e. The average molecular weight is 357 g/mol. The first-order valence-corrected chi connectivity index (χ1v) is 8.73. The van der Waals surface area contributed by atoms with Crippen molar-refractivity contribution in [2.45, 2.75) is 44.9 Å². The lowest BCUT2D eigenvalue weighted by Gasteiger charge is -2.20. The van der Waals surface area contributed by atoms with Crippen molar-refractivity contribution >= 4 is 11.9 Å². The molecule has 2 aromatic rings. The van der Waals surface area contributed by atoms with Crippen molar-refractivity contribution in [2.24, 2.45) is 0 Å². The van der Waals surface area contributed by atoms with Gasteiger partial charge in [0.25, 0.3) is 0 Å². The normalized spacial score (nSPS) is 14.5. The Morgan fingerprint density at radius 2 is 1.65 bits per heavy atom. The summed E-state index contributed by atoms with van der Waals surface area (Å²) >= 11 is 0. The first-order chi connectivity index (χ1) is 12.4. The van der Waals surface area contributed by atoms with E-state index >= 15 is 0 Å². The van der Waals surface area contributed by atoms with Gasteiger partial charge in [0.15, 0.2) is 0 Å². The van der Waals surface area contributed by atoms with Crippen LogP contribution in [0, 0.1) is 5.82 Å². The number of hydrogen-bond acceptors (Lipinski definition) is 3. The molecule has 1 fully saturated rings. The van der Waals surface area contributed by atoms with Crippen LogP contribution in [0.5, 0.6) is 0 Å². The zero-order chi connectivity index (χ0) is 18.8. The molecule has 0 saturated heterocycles. The van der Waals surface area contributed by atoms with E-state index < -0.39 is 17.8 Å². The molecule has 1 aromatic carbocycles. The highest BCUT2D eigenvalue weighted by atomic mass is 19.1. The van der Waals surface area contributed by atoms with Crippen molar-refractivity contribution in [1.82, 2.24) is 4.98 Å². The van der Waals surface area contributed by atoms with Gasteiger partial charge in [-0.05, 0) is 37.0 Å². The summed E-state index contributed by atoms with van der Waals surface area (Å²) < 4.78 is 13.3. The molecule has 1 saturated carbocycles.